The number of carbonyl (C=O) groups is 1. The van der Waals surface area contributed by atoms with E-state index in [0.717, 1.165) is 28.1 Å². The quantitative estimate of drug-likeness (QED) is 0.715. The third-order valence-corrected chi connectivity index (χ3v) is 3.87. The first kappa shape index (κ1) is 15.8. The Kier molecular flexibility index (Phi) is 4.92. The molecule has 24 heavy (non-hydrogen) atoms. The van der Waals surface area contributed by atoms with Crippen LogP contribution in [0.2, 0.25) is 0 Å². The Morgan fingerprint density at radius 2 is 1.42 bits per heavy atom. The Morgan fingerprint density at radius 3 is 2.17 bits per heavy atom. The number of para-hydroxylation sites is 2. The monoisotopic (exact) mass is 316 g/mol. The Balaban J connectivity index is 1.70. The van der Waals surface area contributed by atoms with Crippen LogP contribution in [0.25, 0.3) is 11.1 Å². The fraction of sp³-hybridized carbons (Fsp3) is 0.0952. The predicted molar refractivity (Wildman–Crippen MR) is 100 cm³/mol. The van der Waals surface area contributed by atoms with Crippen LogP contribution in [-0.4, -0.2) is 12.5 Å². The maximum absolute atomic E-state index is 12.3. The molecule has 0 radical (unpaired) electrons. The highest BCUT2D eigenvalue weighted by Gasteiger charge is 2.08. The first-order chi connectivity index (χ1) is 11.7. The van der Waals surface area contributed by atoms with Gasteiger partial charge in [-0.25, -0.2) is 0 Å². The molecule has 0 spiro atoms. The van der Waals surface area contributed by atoms with Gasteiger partial charge in [0, 0.05) is 16.9 Å². The lowest BCUT2D eigenvalue weighted by Crippen LogP contribution is -2.22. The smallest absolute Gasteiger partial charge is 0.243 e. The number of amides is 1. The second-order valence-electron chi connectivity index (χ2n) is 5.63. The van der Waals surface area contributed by atoms with Crippen molar-refractivity contribution in [3.8, 4) is 11.1 Å². The molecule has 0 saturated heterocycles. The average Bonchev–Trinajstić information content (AvgIpc) is 2.62. The van der Waals surface area contributed by atoms with Gasteiger partial charge < -0.3 is 10.6 Å². The minimum Gasteiger partial charge on any atom is -0.376 e. The van der Waals surface area contributed by atoms with Crippen LogP contribution in [0.3, 0.4) is 0 Å². The van der Waals surface area contributed by atoms with Crippen LogP contribution in [0, 0.1) is 6.92 Å². The van der Waals surface area contributed by atoms with E-state index in [9.17, 15) is 4.79 Å². The fourth-order valence-corrected chi connectivity index (χ4v) is 2.60. The van der Waals surface area contributed by atoms with E-state index in [1.165, 1.54) is 0 Å². The Hall–Kier alpha value is -3.07. The van der Waals surface area contributed by atoms with Gasteiger partial charge in [0.15, 0.2) is 0 Å². The third-order valence-electron chi connectivity index (χ3n) is 3.87. The van der Waals surface area contributed by atoms with E-state index >= 15 is 0 Å². The van der Waals surface area contributed by atoms with E-state index in [4.69, 9.17) is 0 Å². The maximum Gasteiger partial charge on any atom is 0.243 e. The number of carbonyl (C=O) groups excluding carboxylic acids is 1. The second-order valence-corrected chi connectivity index (χ2v) is 5.63. The number of aryl methyl sites for hydroxylation is 1. The average molecular weight is 316 g/mol. The zero-order chi connectivity index (χ0) is 16.8. The standard InChI is InChI=1S/C21H20N2O/c1-16-9-5-7-13-19(16)22-15-21(24)23-20-14-8-6-12-18(20)17-10-3-2-4-11-17/h2-14,22H,15H2,1H3,(H,23,24). The van der Waals surface area contributed by atoms with E-state index in [0.29, 0.717) is 0 Å². The molecule has 0 aromatic heterocycles. The van der Waals surface area contributed by atoms with Gasteiger partial charge in [0.1, 0.15) is 0 Å². The molecule has 3 nitrogen and oxygen atoms in total. The van der Waals surface area contributed by atoms with Gasteiger partial charge in [-0.15, -0.1) is 0 Å². The highest BCUT2D eigenvalue weighted by molar-refractivity contribution is 5.97. The molecule has 3 aromatic rings. The van der Waals surface area contributed by atoms with Crippen molar-refractivity contribution in [3.05, 3.63) is 84.4 Å². The minimum absolute atomic E-state index is 0.0679. The molecule has 0 saturated carbocycles. The summed E-state index contributed by atoms with van der Waals surface area (Å²) in [5.41, 5.74) is 5.02. The molecular formula is C21H20N2O. The van der Waals surface area contributed by atoms with Crippen molar-refractivity contribution in [2.75, 3.05) is 17.2 Å². The SMILES string of the molecule is Cc1ccccc1NCC(=O)Nc1ccccc1-c1ccccc1. The lowest BCUT2D eigenvalue weighted by molar-refractivity contribution is -0.114. The van der Waals surface area contributed by atoms with Crippen LogP contribution in [0.1, 0.15) is 5.56 Å². The summed E-state index contributed by atoms with van der Waals surface area (Å²) in [5.74, 6) is -0.0679. The third kappa shape index (κ3) is 3.82. The summed E-state index contributed by atoms with van der Waals surface area (Å²) in [6.45, 7) is 2.25. The summed E-state index contributed by atoms with van der Waals surface area (Å²) in [6, 6.07) is 25.8. The molecule has 0 aliphatic carbocycles. The molecule has 1 amide bonds. The largest absolute Gasteiger partial charge is 0.376 e. The second kappa shape index (κ2) is 7.47. The number of nitrogens with one attached hydrogen (secondary N) is 2. The van der Waals surface area contributed by atoms with Gasteiger partial charge in [0.05, 0.1) is 6.54 Å². The zero-order valence-corrected chi connectivity index (χ0v) is 13.6. The molecule has 0 bridgehead atoms. The van der Waals surface area contributed by atoms with Crippen molar-refractivity contribution in [2.24, 2.45) is 0 Å². The molecule has 0 heterocycles. The lowest BCUT2D eigenvalue weighted by Gasteiger charge is -2.13. The van der Waals surface area contributed by atoms with Gasteiger partial charge in [-0.1, -0.05) is 66.7 Å². The summed E-state index contributed by atoms with van der Waals surface area (Å²) in [5, 5.41) is 6.18. The summed E-state index contributed by atoms with van der Waals surface area (Å²) in [6.07, 6.45) is 0. The van der Waals surface area contributed by atoms with Crippen LogP contribution in [-0.2, 0) is 4.79 Å². The molecule has 3 heteroatoms. The Labute approximate surface area is 142 Å². The first-order valence-electron chi connectivity index (χ1n) is 7.98. The number of benzene rings is 3. The van der Waals surface area contributed by atoms with E-state index < -0.39 is 0 Å². The number of hydrogen-bond donors (Lipinski definition) is 2. The first-order valence-corrected chi connectivity index (χ1v) is 7.98. The van der Waals surface area contributed by atoms with Crippen LogP contribution in [0.15, 0.2) is 78.9 Å². The molecule has 0 unspecified atom stereocenters. The van der Waals surface area contributed by atoms with Gasteiger partial charge in [-0.05, 0) is 30.2 Å². The van der Waals surface area contributed by atoms with Gasteiger partial charge in [0.25, 0.3) is 0 Å². The van der Waals surface area contributed by atoms with Crippen LogP contribution in [0.5, 0.6) is 0 Å². The van der Waals surface area contributed by atoms with Crippen LogP contribution in [0.4, 0.5) is 11.4 Å². The molecule has 0 aliphatic rings. The molecule has 3 rings (SSSR count). The Morgan fingerprint density at radius 1 is 0.792 bits per heavy atom. The lowest BCUT2D eigenvalue weighted by atomic mass is 10.0. The summed E-state index contributed by atoms with van der Waals surface area (Å²) in [7, 11) is 0. The van der Waals surface area contributed by atoms with Crippen molar-refractivity contribution in [1.29, 1.82) is 0 Å². The topological polar surface area (TPSA) is 41.1 Å². The highest BCUT2D eigenvalue weighted by atomic mass is 16.1. The van der Waals surface area contributed by atoms with E-state index in [1.807, 2.05) is 85.8 Å². The summed E-state index contributed by atoms with van der Waals surface area (Å²) >= 11 is 0. The van der Waals surface area contributed by atoms with Crippen molar-refractivity contribution in [2.45, 2.75) is 6.92 Å². The summed E-state index contributed by atoms with van der Waals surface area (Å²) < 4.78 is 0. The van der Waals surface area contributed by atoms with E-state index in [2.05, 4.69) is 10.6 Å². The van der Waals surface area contributed by atoms with Crippen molar-refractivity contribution in [1.82, 2.24) is 0 Å². The highest BCUT2D eigenvalue weighted by Crippen LogP contribution is 2.27. The molecule has 2 N–H and O–H groups in total. The van der Waals surface area contributed by atoms with Crippen molar-refractivity contribution >= 4 is 17.3 Å². The normalized spacial score (nSPS) is 10.2. The maximum atomic E-state index is 12.3. The van der Waals surface area contributed by atoms with Gasteiger partial charge in [-0.3, -0.25) is 4.79 Å². The zero-order valence-electron chi connectivity index (χ0n) is 13.6. The molecule has 0 aliphatic heterocycles. The number of anilines is 2. The molecule has 120 valence electrons. The van der Waals surface area contributed by atoms with E-state index in [1.54, 1.807) is 0 Å². The number of rotatable bonds is 5. The number of hydrogen-bond acceptors (Lipinski definition) is 2. The van der Waals surface area contributed by atoms with Gasteiger partial charge in [-0.2, -0.15) is 0 Å². The fourth-order valence-electron chi connectivity index (χ4n) is 2.60. The Bertz CT molecular complexity index is 828. The van der Waals surface area contributed by atoms with Crippen molar-refractivity contribution < 1.29 is 4.79 Å². The minimum atomic E-state index is -0.0679. The molecule has 0 fully saturated rings. The predicted octanol–water partition coefficient (Wildman–Crippen LogP) is 4.71. The van der Waals surface area contributed by atoms with Gasteiger partial charge >= 0.3 is 0 Å². The molecule has 0 atom stereocenters. The van der Waals surface area contributed by atoms with Gasteiger partial charge in [0.2, 0.25) is 5.91 Å². The van der Waals surface area contributed by atoms with Crippen LogP contribution >= 0.6 is 0 Å². The van der Waals surface area contributed by atoms with E-state index in [-0.39, 0.29) is 12.5 Å². The summed E-state index contributed by atoms with van der Waals surface area (Å²) in [4.78, 5) is 12.3. The molecular weight excluding hydrogens is 296 g/mol. The van der Waals surface area contributed by atoms with Crippen molar-refractivity contribution in [3.63, 3.8) is 0 Å². The van der Waals surface area contributed by atoms with Crippen LogP contribution < -0.4 is 10.6 Å². The molecule has 3 aromatic carbocycles.